The molecule has 1 aromatic carbocycles. The molecule has 122 valence electrons. The molecule has 1 fully saturated rings. The summed E-state index contributed by atoms with van der Waals surface area (Å²) in [6.07, 6.45) is 0.804. The Morgan fingerprint density at radius 1 is 1.41 bits per heavy atom. The largest absolute Gasteiger partial charge is 0.381 e. The van der Waals surface area contributed by atoms with Crippen molar-refractivity contribution in [1.82, 2.24) is 4.72 Å². The second kappa shape index (κ2) is 6.54. The van der Waals surface area contributed by atoms with Gasteiger partial charge in [-0.15, -0.1) is 0 Å². The summed E-state index contributed by atoms with van der Waals surface area (Å²) in [6, 6.07) is 4.67. The Morgan fingerprint density at radius 3 is 2.64 bits per heavy atom. The molecule has 0 bridgehead atoms. The van der Waals surface area contributed by atoms with Crippen molar-refractivity contribution in [3.05, 3.63) is 28.8 Å². The number of nitrogens with one attached hydrogen (secondary N) is 1. The first-order valence-corrected chi connectivity index (χ1v) is 8.77. The van der Waals surface area contributed by atoms with E-state index < -0.39 is 21.3 Å². The average Bonchev–Trinajstić information content (AvgIpc) is 2.49. The lowest BCUT2D eigenvalue weighted by Crippen LogP contribution is -2.49. The molecule has 0 radical (unpaired) electrons. The van der Waals surface area contributed by atoms with E-state index in [1.165, 1.54) is 6.07 Å². The van der Waals surface area contributed by atoms with Gasteiger partial charge in [0.2, 0.25) is 15.9 Å². The standard InChI is InChI=1S/C14H19ClN2O4S/c1-10-11(15)3-2-4-12(10)22(19,20)17-9-14(13(16)18)5-7-21-8-6-14/h2-4,17H,5-9H2,1H3,(H2,16,18). The van der Waals surface area contributed by atoms with Crippen LogP contribution in [0.25, 0.3) is 0 Å². The fourth-order valence-corrected chi connectivity index (χ4v) is 4.09. The first-order chi connectivity index (χ1) is 10.3. The highest BCUT2D eigenvalue weighted by atomic mass is 35.5. The third-order valence-electron chi connectivity index (χ3n) is 4.08. The molecule has 0 spiro atoms. The van der Waals surface area contributed by atoms with Crippen molar-refractivity contribution in [2.45, 2.75) is 24.7 Å². The molecule has 1 saturated heterocycles. The molecule has 1 aromatic rings. The van der Waals surface area contributed by atoms with Crippen LogP contribution in [0.1, 0.15) is 18.4 Å². The van der Waals surface area contributed by atoms with E-state index in [1.54, 1.807) is 19.1 Å². The number of ether oxygens (including phenoxy) is 1. The number of nitrogens with two attached hydrogens (primary N) is 1. The summed E-state index contributed by atoms with van der Waals surface area (Å²) in [5.41, 5.74) is 5.04. The molecule has 0 atom stereocenters. The van der Waals surface area contributed by atoms with Crippen LogP contribution < -0.4 is 10.5 Å². The zero-order valence-electron chi connectivity index (χ0n) is 12.3. The molecule has 22 heavy (non-hydrogen) atoms. The number of benzene rings is 1. The Bertz CT molecular complexity index is 669. The predicted molar refractivity (Wildman–Crippen MR) is 83.1 cm³/mol. The number of hydrogen-bond donors (Lipinski definition) is 2. The third kappa shape index (κ3) is 3.43. The zero-order valence-corrected chi connectivity index (χ0v) is 13.8. The fraction of sp³-hybridized carbons (Fsp3) is 0.500. The van der Waals surface area contributed by atoms with E-state index in [4.69, 9.17) is 22.1 Å². The Kier molecular flexibility index (Phi) is 5.11. The minimum atomic E-state index is -3.77. The molecule has 1 heterocycles. The van der Waals surface area contributed by atoms with Gasteiger partial charge in [0.25, 0.3) is 0 Å². The van der Waals surface area contributed by atoms with Crippen LogP contribution in [-0.4, -0.2) is 34.1 Å². The van der Waals surface area contributed by atoms with Crippen LogP contribution in [0.5, 0.6) is 0 Å². The molecular formula is C14H19ClN2O4S. The van der Waals surface area contributed by atoms with Gasteiger partial charge in [-0.25, -0.2) is 13.1 Å². The van der Waals surface area contributed by atoms with Gasteiger partial charge in [-0.3, -0.25) is 4.79 Å². The number of carbonyl (C=O) groups excluding carboxylic acids is 1. The van der Waals surface area contributed by atoms with Crippen molar-refractivity contribution in [3.8, 4) is 0 Å². The van der Waals surface area contributed by atoms with E-state index in [-0.39, 0.29) is 11.4 Å². The highest BCUT2D eigenvalue weighted by Gasteiger charge is 2.39. The summed E-state index contributed by atoms with van der Waals surface area (Å²) in [7, 11) is -3.77. The van der Waals surface area contributed by atoms with Crippen LogP contribution >= 0.6 is 11.6 Å². The van der Waals surface area contributed by atoms with Crippen molar-refractivity contribution in [2.75, 3.05) is 19.8 Å². The summed E-state index contributed by atoms with van der Waals surface area (Å²) in [5, 5.41) is 0.374. The molecule has 0 aliphatic carbocycles. The number of rotatable bonds is 5. The molecular weight excluding hydrogens is 328 g/mol. The van der Waals surface area contributed by atoms with Crippen LogP contribution in [0.2, 0.25) is 5.02 Å². The zero-order chi connectivity index (χ0) is 16.4. The Labute approximate surface area is 135 Å². The fourth-order valence-electron chi connectivity index (χ4n) is 2.46. The van der Waals surface area contributed by atoms with Gasteiger partial charge in [0.1, 0.15) is 0 Å². The van der Waals surface area contributed by atoms with Crippen LogP contribution in [0, 0.1) is 12.3 Å². The number of carbonyl (C=O) groups is 1. The van der Waals surface area contributed by atoms with Crippen LogP contribution in [0.15, 0.2) is 23.1 Å². The molecule has 1 aliphatic rings. The lowest BCUT2D eigenvalue weighted by atomic mass is 9.80. The van der Waals surface area contributed by atoms with Crippen LogP contribution in [0.4, 0.5) is 0 Å². The number of sulfonamides is 1. The normalized spacial score (nSPS) is 18.1. The monoisotopic (exact) mass is 346 g/mol. The van der Waals surface area contributed by atoms with Gasteiger partial charge < -0.3 is 10.5 Å². The Morgan fingerprint density at radius 2 is 2.05 bits per heavy atom. The number of hydrogen-bond acceptors (Lipinski definition) is 4. The summed E-state index contributed by atoms with van der Waals surface area (Å²) in [4.78, 5) is 11.9. The van der Waals surface area contributed by atoms with Gasteiger partial charge >= 0.3 is 0 Å². The minimum absolute atomic E-state index is 0.0417. The lowest BCUT2D eigenvalue weighted by molar-refractivity contribution is -0.132. The van der Waals surface area contributed by atoms with E-state index in [2.05, 4.69) is 4.72 Å². The van der Waals surface area contributed by atoms with Crippen LogP contribution in [0.3, 0.4) is 0 Å². The third-order valence-corrected chi connectivity index (χ3v) is 6.04. The highest BCUT2D eigenvalue weighted by molar-refractivity contribution is 7.89. The average molecular weight is 347 g/mol. The van der Waals surface area contributed by atoms with Crippen LogP contribution in [-0.2, 0) is 19.6 Å². The molecule has 8 heteroatoms. The maximum absolute atomic E-state index is 12.5. The molecule has 6 nitrogen and oxygen atoms in total. The second-order valence-corrected chi connectivity index (χ2v) is 7.59. The summed E-state index contributed by atoms with van der Waals surface area (Å²) in [5.74, 6) is -0.513. The number of halogens is 1. The van der Waals surface area contributed by atoms with E-state index >= 15 is 0 Å². The van der Waals surface area contributed by atoms with Crippen molar-refractivity contribution in [1.29, 1.82) is 0 Å². The Hall–Kier alpha value is -1.15. The quantitative estimate of drug-likeness (QED) is 0.837. The van der Waals surface area contributed by atoms with Crippen molar-refractivity contribution in [3.63, 3.8) is 0 Å². The first-order valence-electron chi connectivity index (χ1n) is 6.91. The molecule has 2 rings (SSSR count). The molecule has 0 saturated carbocycles. The van der Waals surface area contributed by atoms with Crippen molar-refractivity contribution < 1.29 is 17.9 Å². The Balaban J connectivity index is 2.21. The maximum atomic E-state index is 12.5. The van der Waals surface area contributed by atoms with Gasteiger partial charge in [-0.2, -0.15) is 0 Å². The van der Waals surface area contributed by atoms with Gasteiger partial charge in [0, 0.05) is 24.8 Å². The molecule has 3 N–H and O–H groups in total. The second-order valence-electron chi connectivity index (χ2n) is 5.44. The lowest BCUT2D eigenvalue weighted by Gasteiger charge is -2.34. The molecule has 1 aliphatic heterocycles. The van der Waals surface area contributed by atoms with Crippen molar-refractivity contribution >= 4 is 27.5 Å². The highest BCUT2D eigenvalue weighted by Crippen LogP contribution is 2.30. The maximum Gasteiger partial charge on any atom is 0.240 e. The molecule has 0 unspecified atom stereocenters. The smallest absolute Gasteiger partial charge is 0.240 e. The van der Waals surface area contributed by atoms with Gasteiger partial charge in [0.15, 0.2) is 0 Å². The summed E-state index contributed by atoms with van der Waals surface area (Å²) < 4.78 is 32.6. The topological polar surface area (TPSA) is 98.5 Å². The SMILES string of the molecule is Cc1c(Cl)cccc1S(=O)(=O)NCC1(C(N)=O)CCOCC1. The number of amides is 1. The predicted octanol–water partition coefficient (Wildman–Crippen LogP) is 1.21. The summed E-state index contributed by atoms with van der Waals surface area (Å²) >= 11 is 5.96. The van der Waals surface area contributed by atoms with E-state index in [0.717, 1.165) is 0 Å². The number of primary amides is 1. The van der Waals surface area contributed by atoms with Crippen molar-refractivity contribution in [2.24, 2.45) is 11.1 Å². The summed E-state index contributed by atoms with van der Waals surface area (Å²) in [6.45, 7) is 2.37. The minimum Gasteiger partial charge on any atom is -0.381 e. The van der Waals surface area contributed by atoms with E-state index in [1.807, 2.05) is 0 Å². The molecule has 1 amide bonds. The first kappa shape index (κ1) is 17.2. The van der Waals surface area contributed by atoms with Gasteiger partial charge in [0.05, 0.1) is 10.3 Å². The van der Waals surface area contributed by atoms with Gasteiger partial charge in [-0.05, 0) is 37.5 Å². The van der Waals surface area contributed by atoms with Gasteiger partial charge in [-0.1, -0.05) is 17.7 Å². The van der Waals surface area contributed by atoms with E-state index in [0.29, 0.717) is 36.6 Å². The van der Waals surface area contributed by atoms with E-state index in [9.17, 15) is 13.2 Å². The molecule has 0 aromatic heterocycles.